The standard InChI is InChI=1S/C11H11F3O2S2/c1-17-10(18(2)15)7-8-3-5-9(6-4-8)16-11(12,13)14/h3-7H,1-2H3/b10-7+. The molecule has 0 bridgehead atoms. The highest BCUT2D eigenvalue weighted by atomic mass is 32.2. The summed E-state index contributed by atoms with van der Waals surface area (Å²) in [7, 11) is -1.11. The van der Waals surface area contributed by atoms with Crippen LogP contribution in [-0.4, -0.2) is 23.1 Å². The van der Waals surface area contributed by atoms with Crippen LogP contribution in [0.1, 0.15) is 5.56 Å². The molecule has 0 fully saturated rings. The van der Waals surface area contributed by atoms with Crippen molar-refractivity contribution in [3.8, 4) is 5.75 Å². The van der Waals surface area contributed by atoms with Crippen molar-refractivity contribution in [2.45, 2.75) is 6.36 Å². The highest BCUT2D eigenvalue weighted by Crippen LogP contribution is 2.24. The maximum atomic E-state index is 11.9. The molecule has 18 heavy (non-hydrogen) atoms. The van der Waals surface area contributed by atoms with Crippen molar-refractivity contribution < 1.29 is 22.1 Å². The van der Waals surface area contributed by atoms with E-state index in [-0.39, 0.29) is 5.75 Å². The van der Waals surface area contributed by atoms with Crippen LogP contribution in [0.15, 0.2) is 28.5 Å². The quantitative estimate of drug-likeness (QED) is 0.849. The van der Waals surface area contributed by atoms with Crippen molar-refractivity contribution >= 4 is 28.6 Å². The largest absolute Gasteiger partial charge is 0.573 e. The zero-order valence-corrected chi connectivity index (χ0v) is 11.3. The van der Waals surface area contributed by atoms with Gasteiger partial charge >= 0.3 is 6.36 Å². The summed E-state index contributed by atoms with van der Waals surface area (Å²) in [5.41, 5.74) is 0.670. The van der Waals surface area contributed by atoms with Crippen LogP contribution in [0.2, 0.25) is 0 Å². The van der Waals surface area contributed by atoms with Crippen molar-refractivity contribution in [2.24, 2.45) is 0 Å². The maximum absolute atomic E-state index is 11.9. The Morgan fingerprint density at radius 1 is 1.33 bits per heavy atom. The predicted molar refractivity (Wildman–Crippen MR) is 68.7 cm³/mol. The molecule has 0 saturated heterocycles. The van der Waals surface area contributed by atoms with Crippen LogP contribution in [0.4, 0.5) is 13.2 Å². The molecule has 0 aliphatic heterocycles. The Kier molecular flexibility index (Phi) is 5.28. The summed E-state index contributed by atoms with van der Waals surface area (Å²) in [6, 6.07) is 5.39. The number of alkyl halides is 3. The number of benzene rings is 1. The van der Waals surface area contributed by atoms with Gasteiger partial charge in [0.15, 0.2) is 0 Å². The summed E-state index contributed by atoms with van der Waals surface area (Å²) < 4.78 is 51.5. The van der Waals surface area contributed by atoms with E-state index in [0.717, 1.165) is 0 Å². The van der Waals surface area contributed by atoms with E-state index in [1.165, 1.54) is 36.0 Å². The normalized spacial score (nSPS) is 14.4. The fourth-order valence-corrected chi connectivity index (χ4v) is 2.66. The third-order valence-electron chi connectivity index (χ3n) is 1.88. The van der Waals surface area contributed by atoms with E-state index in [2.05, 4.69) is 4.74 Å². The number of rotatable bonds is 4. The van der Waals surface area contributed by atoms with E-state index in [9.17, 15) is 17.4 Å². The minimum Gasteiger partial charge on any atom is -0.406 e. The molecule has 0 saturated carbocycles. The molecular formula is C11H11F3O2S2. The molecule has 1 rings (SSSR count). The number of halogens is 3. The van der Waals surface area contributed by atoms with Crippen LogP contribution in [0, 0.1) is 0 Å². The Morgan fingerprint density at radius 2 is 1.89 bits per heavy atom. The molecule has 0 aromatic heterocycles. The summed E-state index contributed by atoms with van der Waals surface area (Å²) in [6.07, 6.45) is 0.308. The molecule has 1 aromatic carbocycles. The Balaban J connectivity index is 2.86. The van der Waals surface area contributed by atoms with Gasteiger partial charge in [0, 0.05) is 6.26 Å². The Labute approximate surface area is 110 Å². The van der Waals surface area contributed by atoms with Gasteiger partial charge in [-0.25, -0.2) is 0 Å². The lowest BCUT2D eigenvalue weighted by atomic mass is 10.2. The third kappa shape index (κ3) is 5.14. The zero-order valence-electron chi connectivity index (χ0n) is 9.65. The monoisotopic (exact) mass is 296 g/mol. The zero-order chi connectivity index (χ0) is 13.8. The molecule has 0 radical (unpaired) electrons. The molecule has 7 heteroatoms. The predicted octanol–water partition coefficient (Wildman–Crippen LogP) is 3.63. The lowest BCUT2D eigenvalue weighted by Crippen LogP contribution is -2.16. The molecule has 2 nitrogen and oxygen atoms in total. The topological polar surface area (TPSA) is 26.3 Å². The second kappa shape index (κ2) is 6.29. The molecule has 0 N–H and O–H groups in total. The SMILES string of the molecule is CS/C(=C\c1ccc(OC(F)(F)F)cc1)S(C)=O. The van der Waals surface area contributed by atoms with Gasteiger partial charge in [0.2, 0.25) is 0 Å². The number of thioether (sulfide) groups is 1. The second-order valence-electron chi connectivity index (χ2n) is 3.24. The molecule has 0 amide bonds. The van der Waals surface area contributed by atoms with Crippen LogP contribution >= 0.6 is 11.8 Å². The van der Waals surface area contributed by atoms with Gasteiger partial charge in [-0.15, -0.1) is 24.9 Å². The van der Waals surface area contributed by atoms with Crippen LogP contribution in [0.3, 0.4) is 0 Å². The van der Waals surface area contributed by atoms with Crippen molar-refractivity contribution in [3.63, 3.8) is 0 Å². The fourth-order valence-electron chi connectivity index (χ4n) is 1.16. The number of hydrogen-bond donors (Lipinski definition) is 0. The Hall–Kier alpha value is -0.950. The molecule has 0 aliphatic carbocycles. The van der Waals surface area contributed by atoms with E-state index in [4.69, 9.17) is 0 Å². The average Bonchev–Trinajstić information content (AvgIpc) is 2.25. The van der Waals surface area contributed by atoms with Crippen LogP contribution in [-0.2, 0) is 10.8 Å². The van der Waals surface area contributed by atoms with Gasteiger partial charge in [0.25, 0.3) is 0 Å². The van der Waals surface area contributed by atoms with Gasteiger partial charge in [0.1, 0.15) is 5.75 Å². The first-order chi connectivity index (χ1) is 8.31. The minimum atomic E-state index is -4.69. The van der Waals surface area contributed by atoms with Crippen LogP contribution in [0.25, 0.3) is 6.08 Å². The molecule has 1 aromatic rings. The molecule has 0 aliphatic rings. The average molecular weight is 296 g/mol. The van der Waals surface area contributed by atoms with E-state index in [1.807, 2.05) is 0 Å². The van der Waals surface area contributed by atoms with Gasteiger partial charge in [-0.2, -0.15) is 0 Å². The number of hydrogen-bond acceptors (Lipinski definition) is 3. The summed E-state index contributed by atoms with van der Waals surface area (Å²) >= 11 is 1.34. The molecule has 1 unspecified atom stereocenters. The van der Waals surface area contributed by atoms with Crippen molar-refractivity contribution in [2.75, 3.05) is 12.5 Å². The van der Waals surface area contributed by atoms with Crippen LogP contribution in [0.5, 0.6) is 5.75 Å². The van der Waals surface area contributed by atoms with Crippen molar-refractivity contribution in [3.05, 3.63) is 34.1 Å². The summed E-state index contributed by atoms with van der Waals surface area (Å²) in [5, 5.41) is 0. The van der Waals surface area contributed by atoms with E-state index in [1.54, 1.807) is 18.6 Å². The first-order valence-corrected chi connectivity index (χ1v) is 7.55. The van der Waals surface area contributed by atoms with Gasteiger partial charge in [-0.05, 0) is 30.0 Å². The second-order valence-corrected chi connectivity index (χ2v) is 5.69. The molecule has 100 valence electrons. The van der Waals surface area contributed by atoms with E-state index >= 15 is 0 Å². The Morgan fingerprint density at radius 3 is 2.28 bits per heavy atom. The smallest absolute Gasteiger partial charge is 0.406 e. The first-order valence-electron chi connectivity index (χ1n) is 4.77. The lowest BCUT2D eigenvalue weighted by molar-refractivity contribution is -0.274. The van der Waals surface area contributed by atoms with E-state index < -0.39 is 17.2 Å². The lowest BCUT2D eigenvalue weighted by Gasteiger charge is -2.08. The van der Waals surface area contributed by atoms with E-state index in [0.29, 0.717) is 9.80 Å². The van der Waals surface area contributed by atoms with Gasteiger partial charge < -0.3 is 4.74 Å². The highest BCUT2D eigenvalue weighted by Gasteiger charge is 2.30. The first kappa shape index (κ1) is 15.1. The Bertz CT molecular complexity index is 452. The number of ether oxygens (including phenoxy) is 1. The van der Waals surface area contributed by atoms with Crippen LogP contribution < -0.4 is 4.74 Å². The third-order valence-corrected chi connectivity index (χ3v) is 4.29. The van der Waals surface area contributed by atoms with Crippen molar-refractivity contribution in [1.82, 2.24) is 0 Å². The molecular weight excluding hydrogens is 285 g/mol. The highest BCUT2D eigenvalue weighted by molar-refractivity contribution is 8.16. The summed E-state index contributed by atoms with van der Waals surface area (Å²) in [6.45, 7) is 0. The summed E-state index contributed by atoms with van der Waals surface area (Å²) in [5.74, 6) is -0.275. The minimum absolute atomic E-state index is 0.275. The van der Waals surface area contributed by atoms with Crippen molar-refractivity contribution in [1.29, 1.82) is 0 Å². The molecule has 1 atom stereocenters. The maximum Gasteiger partial charge on any atom is 0.573 e. The molecule has 0 spiro atoms. The molecule has 0 heterocycles. The summed E-state index contributed by atoms with van der Waals surface area (Å²) in [4.78, 5) is 0. The fraction of sp³-hybridized carbons (Fsp3) is 0.273. The van der Waals surface area contributed by atoms with Gasteiger partial charge in [-0.3, -0.25) is 4.21 Å². The van der Waals surface area contributed by atoms with Gasteiger partial charge in [0.05, 0.1) is 15.0 Å². The van der Waals surface area contributed by atoms with Gasteiger partial charge in [-0.1, -0.05) is 12.1 Å².